The van der Waals surface area contributed by atoms with Crippen molar-refractivity contribution in [2.75, 3.05) is 26.9 Å². The maximum absolute atomic E-state index is 12.6. The van der Waals surface area contributed by atoms with Gasteiger partial charge in [-0.2, -0.15) is 0 Å². The maximum Gasteiger partial charge on any atom is 0.336 e. The third-order valence-electron chi connectivity index (χ3n) is 4.09. The van der Waals surface area contributed by atoms with E-state index in [0.717, 1.165) is 10.9 Å². The van der Waals surface area contributed by atoms with Crippen LogP contribution in [0.25, 0.3) is 11.0 Å². The molecule has 1 heterocycles. The zero-order valence-corrected chi connectivity index (χ0v) is 15.1. The van der Waals surface area contributed by atoms with E-state index in [0.29, 0.717) is 31.0 Å². The molecule has 3 rings (SSSR count). The normalized spacial score (nSPS) is 10.7. The number of fused-ring (bicyclic) bond motifs is 1. The Bertz CT molecular complexity index is 951. The molecule has 2 aromatic carbocycles. The van der Waals surface area contributed by atoms with Gasteiger partial charge >= 0.3 is 5.63 Å². The van der Waals surface area contributed by atoms with E-state index < -0.39 is 5.63 Å². The van der Waals surface area contributed by atoms with Gasteiger partial charge in [0.1, 0.15) is 11.3 Å². The fourth-order valence-electron chi connectivity index (χ4n) is 2.66. The average molecular weight is 367 g/mol. The number of ether oxygens (including phenoxy) is 2. The van der Waals surface area contributed by atoms with Gasteiger partial charge in [-0.05, 0) is 23.8 Å². The van der Waals surface area contributed by atoms with Crippen molar-refractivity contribution in [1.29, 1.82) is 0 Å². The summed E-state index contributed by atoms with van der Waals surface area (Å²) in [6.07, 6.45) is 0. The highest BCUT2D eigenvalue weighted by molar-refractivity contribution is 5.79. The first-order valence-corrected chi connectivity index (χ1v) is 8.63. The van der Waals surface area contributed by atoms with Crippen molar-refractivity contribution in [3.8, 4) is 5.75 Å². The number of methoxy groups -OCH3 is 1. The molecule has 6 nitrogen and oxygen atoms in total. The lowest BCUT2D eigenvalue weighted by Gasteiger charge is -2.22. The van der Waals surface area contributed by atoms with Crippen LogP contribution in [0.3, 0.4) is 0 Å². The highest BCUT2D eigenvalue weighted by atomic mass is 16.5. The van der Waals surface area contributed by atoms with E-state index >= 15 is 0 Å². The molecule has 27 heavy (non-hydrogen) atoms. The lowest BCUT2D eigenvalue weighted by atomic mass is 10.2. The highest BCUT2D eigenvalue weighted by Crippen LogP contribution is 2.19. The van der Waals surface area contributed by atoms with E-state index in [1.807, 2.05) is 30.3 Å². The molecule has 3 aromatic rings. The minimum Gasteiger partial charge on any atom is -0.484 e. The Morgan fingerprint density at radius 1 is 1.07 bits per heavy atom. The second-order valence-electron chi connectivity index (χ2n) is 6.04. The van der Waals surface area contributed by atoms with Crippen LogP contribution in [0.15, 0.2) is 69.9 Å². The SMILES string of the molecule is COCCN(Cc1ccccc1)C(=O)COc1ccc2ccc(=O)oc2c1. The first-order chi connectivity index (χ1) is 13.2. The second-order valence-corrected chi connectivity index (χ2v) is 6.04. The number of carbonyl (C=O) groups excluding carboxylic acids is 1. The van der Waals surface area contributed by atoms with Crippen molar-refractivity contribution >= 4 is 16.9 Å². The van der Waals surface area contributed by atoms with Crippen LogP contribution >= 0.6 is 0 Å². The van der Waals surface area contributed by atoms with Gasteiger partial charge in [0.05, 0.1) is 6.61 Å². The first-order valence-electron chi connectivity index (χ1n) is 8.63. The van der Waals surface area contributed by atoms with Gasteiger partial charge in [0.15, 0.2) is 6.61 Å². The molecule has 0 saturated carbocycles. The van der Waals surface area contributed by atoms with E-state index in [-0.39, 0.29) is 12.5 Å². The minimum absolute atomic E-state index is 0.112. The van der Waals surface area contributed by atoms with Gasteiger partial charge < -0.3 is 18.8 Å². The predicted molar refractivity (Wildman–Crippen MR) is 102 cm³/mol. The monoisotopic (exact) mass is 367 g/mol. The molecule has 0 N–H and O–H groups in total. The summed E-state index contributed by atoms with van der Waals surface area (Å²) in [5.41, 5.74) is 1.03. The maximum atomic E-state index is 12.6. The average Bonchev–Trinajstić information content (AvgIpc) is 2.69. The molecule has 0 aliphatic rings. The lowest BCUT2D eigenvalue weighted by molar-refractivity contribution is -0.134. The van der Waals surface area contributed by atoms with Crippen LogP contribution < -0.4 is 10.4 Å². The summed E-state index contributed by atoms with van der Waals surface area (Å²) >= 11 is 0. The van der Waals surface area contributed by atoms with Crippen molar-refractivity contribution in [3.05, 3.63) is 76.6 Å². The van der Waals surface area contributed by atoms with Gasteiger partial charge in [0.2, 0.25) is 0 Å². The van der Waals surface area contributed by atoms with Crippen molar-refractivity contribution in [3.63, 3.8) is 0 Å². The Morgan fingerprint density at radius 3 is 2.63 bits per heavy atom. The molecular weight excluding hydrogens is 346 g/mol. The Morgan fingerprint density at radius 2 is 1.85 bits per heavy atom. The van der Waals surface area contributed by atoms with E-state index in [9.17, 15) is 9.59 Å². The second kappa shape index (κ2) is 9.00. The van der Waals surface area contributed by atoms with Crippen molar-refractivity contribution in [2.24, 2.45) is 0 Å². The van der Waals surface area contributed by atoms with Gasteiger partial charge in [-0.3, -0.25) is 4.79 Å². The van der Waals surface area contributed by atoms with Crippen molar-refractivity contribution < 1.29 is 18.7 Å². The summed E-state index contributed by atoms with van der Waals surface area (Å²) in [4.78, 5) is 25.7. The highest BCUT2D eigenvalue weighted by Gasteiger charge is 2.15. The Labute approximate surface area is 156 Å². The molecule has 0 spiro atoms. The van der Waals surface area contributed by atoms with Crippen LogP contribution in [0, 0.1) is 0 Å². The van der Waals surface area contributed by atoms with Gasteiger partial charge in [-0.25, -0.2) is 4.79 Å². The predicted octanol–water partition coefficient (Wildman–Crippen LogP) is 2.85. The Hall–Kier alpha value is -3.12. The van der Waals surface area contributed by atoms with Crippen LogP contribution in [0.1, 0.15) is 5.56 Å². The van der Waals surface area contributed by atoms with Crippen molar-refractivity contribution in [1.82, 2.24) is 4.90 Å². The molecule has 0 aliphatic carbocycles. The number of carbonyl (C=O) groups is 1. The number of benzene rings is 2. The fourth-order valence-corrected chi connectivity index (χ4v) is 2.66. The van der Waals surface area contributed by atoms with Gasteiger partial charge in [0, 0.05) is 37.7 Å². The third kappa shape index (κ3) is 5.18. The van der Waals surface area contributed by atoms with Gasteiger partial charge in [-0.1, -0.05) is 30.3 Å². The quantitative estimate of drug-likeness (QED) is 0.573. The molecule has 0 radical (unpaired) electrons. The Kier molecular flexibility index (Phi) is 6.22. The zero-order chi connectivity index (χ0) is 19.1. The molecular formula is C21H21NO5. The molecule has 0 bridgehead atoms. The largest absolute Gasteiger partial charge is 0.484 e. The summed E-state index contributed by atoms with van der Waals surface area (Å²) in [7, 11) is 1.60. The van der Waals surface area contributed by atoms with E-state index in [2.05, 4.69) is 0 Å². The van der Waals surface area contributed by atoms with Gasteiger partial charge in [0.25, 0.3) is 5.91 Å². The number of nitrogens with zero attached hydrogens (tertiary/aromatic N) is 1. The van der Waals surface area contributed by atoms with Crippen molar-refractivity contribution in [2.45, 2.75) is 6.54 Å². The summed E-state index contributed by atoms with van der Waals surface area (Å²) in [6.45, 7) is 1.29. The third-order valence-corrected chi connectivity index (χ3v) is 4.09. The molecule has 1 amide bonds. The summed E-state index contributed by atoms with van der Waals surface area (Å²) < 4.78 is 15.9. The topological polar surface area (TPSA) is 69.0 Å². The number of hydrogen-bond acceptors (Lipinski definition) is 5. The molecule has 0 atom stereocenters. The molecule has 0 fully saturated rings. The number of rotatable bonds is 8. The summed E-state index contributed by atoms with van der Waals surface area (Å²) in [6, 6.07) is 17.9. The zero-order valence-electron chi connectivity index (χ0n) is 15.1. The Balaban J connectivity index is 1.66. The number of amides is 1. The number of hydrogen-bond donors (Lipinski definition) is 0. The summed E-state index contributed by atoms with van der Waals surface area (Å²) in [5.74, 6) is 0.321. The van der Waals surface area contributed by atoms with Crippen LogP contribution in [-0.4, -0.2) is 37.7 Å². The van der Waals surface area contributed by atoms with Crippen LogP contribution in [-0.2, 0) is 16.1 Å². The minimum atomic E-state index is -0.427. The van der Waals surface area contributed by atoms with E-state index in [1.54, 1.807) is 36.3 Å². The van der Waals surface area contributed by atoms with Gasteiger partial charge in [-0.15, -0.1) is 0 Å². The van der Waals surface area contributed by atoms with E-state index in [4.69, 9.17) is 13.9 Å². The van der Waals surface area contributed by atoms with Crippen LogP contribution in [0.2, 0.25) is 0 Å². The van der Waals surface area contributed by atoms with E-state index in [1.165, 1.54) is 6.07 Å². The van der Waals surface area contributed by atoms with Crippen LogP contribution in [0.5, 0.6) is 5.75 Å². The fraction of sp³-hybridized carbons (Fsp3) is 0.238. The molecule has 1 aromatic heterocycles. The molecule has 0 saturated heterocycles. The smallest absolute Gasteiger partial charge is 0.336 e. The molecule has 140 valence electrons. The molecule has 0 unspecified atom stereocenters. The van der Waals surface area contributed by atoms with Crippen LogP contribution in [0.4, 0.5) is 0 Å². The standard InChI is InChI=1S/C21H21NO5/c1-25-12-11-22(14-16-5-3-2-4-6-16)20(23)15-26-18-9-7-17-8-10-21(24)27-19(17)13-18/h2-10,13H,11-12,14-15H2,1H3. The first kappa shape index (κ1) is 18.7. The lowest BCUT2D eigenvalue weighted by Crippen LogP contribution is -2.36. The summed E-state index contributed by atoms with van der Waals surface area (Å²) in [5, 5.41) is 0.791. The molecule has 0 aliphatic heterocycles. The molecule has 6 heteroatoms.